The number of amides is 1. The maximum absolute atomic E-state index is 11.6. The van der Waals surface area contributed by atoms with E-state index in [1.54, 1.807) is 31.2 Å². The Kier molecular flexibility index (Phi) is 9.07. The normalized spacial score (nSPS) is 10.1. The Morgan fingerprint density at radius 3 is 2.68 bits per heavy atom. The molecule has 0 spiro atoms. The molecule has 1 aromatic carbocycles. The van der Waals surface area contributed by atoms with E-state index in [2.05, 4.69) is 5.32 Å². The molecule has 0 aliphatic carbocycles. The number of ether oxygens (including phenoxy) is 2. The highest BCUT2D eigenvalue weighted by atomic mass is 35.5. The third-order valence-corrected chi connectivity index (χ3v) is 3.19. The molecule has 0 bridgehead atoms. The zero-order valence-corrected chi connectivity index (χ0v) is 13.5. The first-order valence-electron chi connectivity index (χ1n) is 7.43. The van der Waals surface area contributed by atoms with E-state index in [0.717, 1.165) is 19.3 Å². The molecule has 0 saturated carbocycles. The fraction of sp³-hybridized carbons (Fsp3) is 0.500. The molecular formula is C16H22ClNO4. The molecule has 0 radical (unpaired) electrons. The van der Waals surface area contributed by atoms with E-state index in [0.29, 0.717) is 30.3 Å². The second kappa shape index (κ2) is 10.9. The van der Waals surface area contributed by atoms with Crippen LogP contribution in [0.1, 0.15) is 32.6 Å². The quantitative estimate of drug-likeness (QED) is 0.530. The summed E-state index contributed by atoms with van der Waals surface area (Å²) in [6.45, 7) is 2.71. The van der Waals surface area contributed by atoms with Gasteiger partial charge in [-0.15, -0.1) is 0 Å². The summed E-state index contributed by atoms with van der Waals surface area (Å²) in [5.41, 5.74) is 0. The first-order chi connectivity index (χ1) is 10.6. The van der Waals surface area contributed by atoms with Gasteiger partial charge in [0.2, 0.25) is 0 Å². The van der Waals surface area contributed by atoms with Gasteiger partial charge in [-0.2, -0.15) is 0 Å². The lowest BCUT2D eigenvalue weighted by molar-refractivity contribution is -0.143. The van der Waals surface area contributed by atoms with Crippen molar-refractivity contribution >= 4 is 23.5 Å². The molecule has 0 aliphatic heterocycles. The van der Waals surface area contributed by atoms with Crippen molar-refractivity contribution in [2.75, 3.05) is 19.8 Å². The number of nitrogens with one attached hydrogen (secondary N) is 1. The molecule has 1 amide bonds. The summed E-state index contributed by atoms with van der Waals surface area (Å²) in [5.74, 6) is 0.138. The average molecular weight is 328 g/mol. The topological polar surface area (TPSA) is 64.6 Å². The minimum atomic E-state index is -0.190. The molecule has 5 nitrogen and oxygen atoms in total. The molecule has 122 valence electrons. The van der Waals surface area contributed by atoms with Crippen LogP contribution in [0.4, 0.5) is 0 Å². The first-order valence-corrected chi connectivity index (χ1v) is 7.81. The van der Waals surface area contributed by atoms with Gasteiger partial charge in [0.15, 0.2) is 6.61 Å². The maximum Gasteiger partial charge on any atom is 0.305 e. The van der Waals surface area contributed by atoms with Crippen molar-refractivity contribution in [1.29, 1.82) is 0 Å². The number of hydrogen-bond donors (Lipinski definition) is 1. The monoisotopic (exact) mass is 327 g/mol. The molecular weight excluding hydrogens is 306 g/mol. The van der Waals surface area contributed by atoms with E-state index in [1.807, 2.05) is 0 Å². The first kappa shape index (κ1) is 18.3. The molecule has 1 aromatic rings. The number of rotatable bonds is 10. The van der Waals surface area contributed by atoms with Crippen LogP contribution in [0.15, 0.2) is 24.3 Å². The van der Waals surface area contributed by atoms with Crippen LogP contribution < -0.4 is 10.1 Å². The Bertz CT molecular complexity index is 479. The van der Waals surface area contributed by atoms with Crippen LogP contribution in [0.2, 0.25) is 5.02 Å². The summed E-state index contributed by atoms with van der Waals surface area (Å²) in [5, 5.41) is 3.24. The van der Waals surface area contributed by atoms with Crippen molar-refractivity contribution in [2.45, 2.75) is 32.6 Å². The van der Waals surface area contributed by atoms with E-state index in [4.69, 9.17) is 21.1 Å². The van der Waals surface area contributed by atoms with E-state index in [9.17, 15) is 9.59 Å². The lowest BCUT2D eigenvalue weighted by Gasteiger charge is -2.08. The Hall–Kier alpha value is -1.75. The minimum Gasteiger partial charge on any atom is -0.482 e. The van der Waals surface area contributed by atoms with Crippen LogP contribution in [-0.2, 0) is 14.3 Å². The Morgan fingerprint density at radius 1 is 1.18 bits per heavy atom. The van der Waals surface area contributed by atoms with Crippen LogP contribution in [0.25, 0.3) is 0 Å². The summed E-state index contributed by atoms with van der Waals surface area (Å²) in [7, 11) is 0. The molecule has 0 unspecified atom stereocenters. The molecule has 0 fully saturated rings. The third-order valence-electron chi connectivity index (χ3n) is 2.88. The molecule has 22 heavy (non-hydrogen) atoms. The zero-order valence-electron chi connectivity index (χ0n) is 12.8. The van der Waals surface area contributed by atoms with Gasteiger partial charge in [0.05, 0.1) is 11.6 Å². The van der Waals surface area contributed by atoms with Gasteiger partial charge < -0.3 is 14.8 Å². The van der Waals surface area contributed by atoms with Crippen LogP contribution in [0, 0.1) is 0 Å². The van der Waals surface area contributed by atoms with E-state index in [-0.39, 0.29) is 18.5 Å². The van der Waals surface area contributed by atoms with Gasteiger partial charge in [-0.1, -0.05) is 30.2 Å². The summed E-state index contributed by atoms with van der Waals surface area (Å²) in [6, 6.07) is 7.01. The standard InChI is InChI=1S/C16H22ClNO4/c1-2-21-16(20)10-4-3-7-11-18-15(19)12-22-14-9-6-5-8-13(14)17/h5-6,8-9H,2-4,7,10-12H2,1H3,(H,18,19). The predicted molar refractivity (Wildman–Crippen MR) is 85.1 cm³/mol. The molecule has 0 atom stereocenters. The number of carbonyl (C=O) groups is 2. The average Bonchev–Trinajstić information content (AvgIpc) is 2.50. The predicted octanol–water partition coefficient (Wildman–Crippen LogP) is 2.96. The second-order valence-electron chi connectivity index (χ2n) is 4.68. The molecule has 1 N–H and O–H groups in total. The van der Waals surface area contributed by atoms with E-state index in [1.165, 1.54) is 0 Å². The Morgan fingerprint density at radius 2 is 1.95 bits per heavy atom. The van der Waals surface area contributed by atoms with E-state index >= 15 is 0 Å². The van der Waals surface area contributed by atoms with Crippen molar-refractivity contribution in [3.63, 3.8) is 0 Å². The van der Waals surface area contributed by atoms with Gasteiger partial charge in [0.25, 0.3) is 5.91 Å². The van der Waals surface area contributed by atoms with Crippen molar-refractivity contribution < 1.29 is 19.1 Å². The van der Waals surface area contributed by atoms with Gasteiger partial charge in [0, 0.05) is 13.0 Å². The van der Waals surface area contributed by atoms with Crippen molar-refractivity contribution in [3.8, 4) is 5.75 Å². The second-order valence-corrected chi connectivity index (χ2v) is 5.09. The number of halogens is 1. The Balaban J connectivity index is 2.04. The van der Waals surface area contributed by atoms with Crippen LogP contribution >= 0.6 is 11.6 Å². The number of hydrogen-bond acceptors (Lipinski definition) is 4. The lowest BCUT2D eigenvalue weighted by atomic mass is 10.2. The fourth-order valence-electron chi connectivity index (χ4n) is 1.79. The largest absolute Gasteiger partial charge is 0.482 e. The van der Waals surface area contributed by atoms with Gasteiger partial charge in [-0.3, -0.25) is 9.59 Å². The van der Waals surface area contributed by atoms with Crippen molar-refractivity contribution in [1.82, 2.24) is 5.32 Å². The molecule has 0 aliphatic rings. The number of unbranched alkanes of at least 4 members (excludes halogenated alkanes) is 2. The van der Waals surface area contributed by atoms with Gasteiger partial charge in [0.1, 0.15) is 5.75 Å². The summed E-state index contributed by atoms with van der Waals surface area (Å²) in [4.78, 5) is 22.7. The fourth-order valence-corrected chi connectivity index (χ4v) is 1.98. The molecule has 0 aromatic heterocycles. The number of esters is 1. The SMILES string of the molecule is CCOC(=O)CCCCCNC(=O)COc1ccccc1Cl. The number of benzene rings is 1. The third kappa shape index (κ3) is 7.88. The molecule has 0 heterocycles. The summed E-state index contributed by atoms with van der Waals surface area (Å²) < 4.78 is 10.2. The molecule has 6 heteroatoms. The van der Waals surface area contributed by atoms with Crippen molar-refractivity contribution in [2.24, 2.45) is 0 Å². The van der Waals surface area contributed by atoms with E-state index < -0.39 is 0 Å². The number of para-hydroxylation sites is 1. The molecule has 1 rings (SSSR count). The van der Waals surface area contributed by atoms with Crippen LogP contribution in [0.5, 0.6) is 5.75 Å². The van der Waals surface area contributed by atoms with Crippen molar-refractivity contribution in [3.05, 3.63) is 29.3 Å². The highest BCUT2D eigenvalue weighted by molar-refractivity contribution is 6.32. The van der Waals surface area contributed by atoms with Gasteiger partial charge >= 0.3 is 5.97 Å². The highest BCUT2D eigenvalue weighted by Crippen LogP contribution is 2.22. The maximum atomic E-state index is 11.6. The van der Waals surface area contributed by atoms with Crippen LogP contribution in [0.3, 0.4) is 0 Å². The van der Waals surface area contributed by atoms with Gasteiger partial charge in [-0.25, -0.2) is 0 Å². The lowest BCUT2D eigenvalue weighted by Crippen LogP contribution is -2.29. The Labute approximate surface area is 135 Å². The summed E-state index contributed by atoms with van der Waals surface area (Å²) >= 11 is 5.92. The number of carbonyl (C=O) groups excluding carboxylic acids is 2. The summed E-state index contributed by atoms with van der Waals surface area (Å²) in [6.07, 6.45) is 2.88. The highest BCUT2D eigenvalue weighted by Gasteiger charge is 2.05. The zero-order chi connectivity index (χ0) is 16.2. The van der Waals surface area contributed by atoms with Gasteiger partial charge in [-0.05, 0) is 31.9 Å². The molecule has 0 saturated heterocycles. The minimum absolute atomic E-state index is 0.0629. The smallest absolute Gasteiger partial charge is 0.305 e. The van der Waals surface area contributed by atoms with Crippen LogP contribution in [-0.4, -0.2) is 31.6 Å².